The van der Waals surface area contributed by atoms with Gasteiger partial charge in [-0.05, 0) is 41.1 Å². The third-order valence-electron chi connectivity index (χ3n) is 5.10. The summed E-state index contributed by atoms with van der Waals surface area (Å²) >= 11 is 3.23. The molecule has 4 nitrogen and oxygen atoms in total. The highest BCUT2D eigenvalue weighted by Gasteiger charge is 2.19. The molecule has 0 aliphatic heterocycles. The summed E-state index contributed by atoms with van der Waals surface area (Å²) in [5, 5.41) is 8.46. The summed E-state index contributed by atoms with van der Waals surface area (Å²) in [6.07, 6.45) is 0.972. The molecule has 0 fully saturated rings. The molecule has 0 unspecified atom stereocenters. The molecule has 0 radical (unpaired) electrons. The Kier molecular flexibility index (Phi) is 6.92. The van der Waals surface area contributed by atoms with Gasteiger partial charge in [-0.25, -0.2) is 4.98 Å². The van der Waals surface area contributed by atoms with Crippen LogP contribution in [0.25, 0.3) is 0 Å². The lowest BCUT2D eigenvalue weighted by atomic mass is 10.1. The zero-order valence-electron chi connectivity index (χ0n) is 17.6. The number of thiazole rings is 1. The number of nitrogens with zero attached hydrogens (tertiary/aromatic N) is 2. The Balaban J connectivity index is 1.52. The fourth-order valence-electron chi connectivity index (χ4n) is 3.48. The standard InChI is InChI=1S/C25H25N3OS2/c1-3-19-11-13-22(14-12-19)28(18(2)29)25-27-21(17-31-25)16-26-24(23-10-7-15-30-23)20-8-5-4-6-9-20/h4-15,17,24,26H,3,16H2,1-2H3/t24-/m0/s1. The number of thiophene rings is 1. The van der Waals surface area contributed by atoms with E-state index in [4.69, 9.17) is 4.98 Å². The summed E-state index contributed by atoms with van der Waals surface area (Å²) < 4.78 is 0. The van der Waals surface area contributed by atoms with Crippen molar-refractivity contribution in [3.8, 4) is 0 Å². The lowest BCUT2D eigenvalue weighted by Crippen LogP contribution is -2.23. The molecule has 2 aromatic heterocycles. The van der Waals surface area contributed by atoms with Crippen LogP contribution in [0.5, 0.6) is 0 Å². The molecule has 2 heterocycles. The Hall–Kier alpha value is -2.80. The van der Waals surface area contributed by atoms with Crippen LogP contribution in [0.1, 0.15) is 41.6 Å². The van der Waals surface area contributed by atoms with Gasteiger partial charge in [0, 0.05) is 23.7 Å². The Labute approximate surface area is 191 Å². The first-order chi connectivity index (χ1) is 15.2. The molecule has 0 aliphatic carbocycles. The van der Waals surface area contributed by atoms with E-state index in [1.54, 1.807) is 23.2 Å². The lowest BCUT2D eigenvalue weighted by Gasteiger charge is -2.19. The van der Waals surface area contributed by atoms with Gasteiger partial charge >= 0.3 is 0 Å². The van der Waals surface area contributed by atoms with E-state index in [0.29, 0.717) is 11.7 Å². The van der Waals surface area contributed by atoms with E-state index in [9.17, 15) is 4.79 Å². The zero-order valence-corrected chi connectivity index (χ0v) is 19.2. The SMILES string of the molecule is CCc1ccc(N(C(C)=O)c2nc(CN[C@@H](c3ccccc3)c3cccs3)cs2)cc1. The fourth-order valence-corrected chi connectivity index (χ4v) is 5.19. The number of carbonyl (C=O) groups excluding carboxylic acids is 1. The summed E-state index contributed by atoms with van der Waals surface area (Å²) in [4.78, 5) is 20.1. The van der Waals surface area contributed by atoms with E-state index in [2.05, 4.69) is 66.2 Å². The predicted octanol–water partition coefficient (Wildman–Crippen LogP) is 6.33. The second kappa shape index (κ2) is 10.0. The fraction of sp³-hybridized carbons (Fsp3) is 0.200. The van der Waals surface area contributed by atoms with Gasteiger partial charge in [0.15, 0.2) is 5.13 Å². The van der Waals surface area contributed by atoms with Crippen molar-refractivity contribution in [3.63, 3.8) is 0 Å². The highest BCUT2D eigenvalue weighted by Crippen LogP contribution is 2.30. The number of anilines is 2. The largest absolute Gasteiger partial charge is 0.300 e. The second-order valence-corrected chi connectivity index (χ2v) is 9.05. The Bertz CT molecular complexity index is 1110. The lowest BCUT2D eigenvalue weighted by molar-refractivity contribution is -0.115. The molecule has 0 aliphatic rings. The van der Waals surface area contributed by atoms with Crippen LogP contribution in [0.4, 0.5) is 10.8 Å². The van der Waals surface area contributed by atoms with Gasteiger partial charge in [0.25, 0.3) is 0 Å². The first-order valence-electron chi connectivity index (χ1n) is 10.3. The number of carbonyl (C=O) groups is 1. The van der Waals surface area contributed by atoms with Crippen molar-refractivity contribution in [2.75, 3.05) is 4.90 Å². The third-order valence-corrected chi connectivity index (χ3v) is 6.91. The number of aryl methyl sites for hydroxylation is 1. The maximum atomic E-state index is 12.4. The van der Waals surface area contributed by atoms with E-state index in [-0.39, 0.29) is 11.9 Å². The van der Waals surface area contributed by atoms with Crippen LogP contribution in [-0.2, 0) is 17.8 Å². The molecule has 0 saturated heterocycles. The molecular weight excluding hydrogens is 422 g/mol. The van der Waals surface area contributed by atoms with Gasteiger partial charge < -0.3 is 0 Å². The number of aromatic nitrogens is 1. The molecular formula is C25H25N3OS2. The first-order valence-corrected chi connectivity index (χ1v) is 12.1. The molecule has 1 N–H and O–H groups in total. The summed E-state index contributed by atoms with van der Waals surface area (Å²) in [5.41, 5.74) is 4.24. The molecule has 1 amide bonds. The van der Waals surface area contributed by atoms with E-state index in [0.717, 1.165) is 17.8 Å². The van der Waals surface area contributed by atoms with Gasteiger partial charge in [0.1, 0.15) is 0 Å². The van der Waals surface area contributed by atoms with Crippen molar-refractivity contribution < 1.29 is 4.79 Å². The number of nitrogens with one attached hydrogen (secondary N) is 1. The van der Waals surface area contributed by atoms with Crippen molar-refractivity contribution in [2.24, 2.45) is 0 Å². The molecule has 6 heteroatoms. The summed E-state index contributed by atoms with van der Waals surface area (Å²) in [6.45, 7) is 4.32. The van der Waals surface area contributed by atoms with Gasteiger partial charge in [0.05, 0.1) is 17.4 Å². The van der Waals surface area contributed by atoms with Crippen LogP contribution in [0, 0.1) is 0 Å². The van der Waals surface area contributed by atoms with Crippen molar-refractivity contribution in [1.82, 2.24) is 10.3 Å². The van der Waals surface area contributed by atoms with Crippen LogP contribution in [0.3, 0.4) is 0 Å². The van der Waals surface area contributed by atoms with Crippen LogP contribution in [0.15, 0.2) is 77.5 Å². The predicted molar refractivity (Wildman–Crippen MR) is 130 cm³/mol. The topological polar surface area (TPSA) is 45.2 Å². The number of hydrogen-bond donors (Lipinski definition) is 1. The molecule has 0 bridgehead atoms. The maximum Gasteiger partial charge on any atom is 0.230 e. The average Bonchev–Trinajstić information content (AvgIpc) is 3.48. The van der Waals surface area contributed by atoms with Crippen LogP contribution >= 0.6 is 22.7 Å². The van der Waals surface area contributed by atoms with Crippen molar-refractivity contribution in [3.05, 3.63) is 99.2 Å². The molecule has 1 atom stereocenters. The minimum atomic E-state index is -0.0427. The first kappa shape index (κ1) is 21.4. The van der Waals surface area contributed by atoms with Crippen LogP contribution in [0.2, 0.25) is 0 Å². The maximum absolute atomic E-state index is 12.4. The molecule has 0 spiro atoms. The number of rotatable bonds is 8. The van der Waals surface area contributed by atoms with E-state index in [1.165, 1.54) is 27.3 Å². The van der Waals surface area contributed by atoms with Crippen molar-refractivity contribution in [2.45, 2.75) is 32.9 Å². The minimum Gasteiger partial charge on any atom is -0.300 e. The Morgan fingerprint density at radius 3 is 2.45 bits per heavy atom. The summed E-state index contributed by atoms with van der Waals surface area (Å²) in [6, 6.07) is 22.9. The monoisotopic (exact) mass is 447 g/mol. The Morgan fingerprint density at radius 2 is 1.81 bits per heavy atom. The quantitative estimate of drug-likeness (QED) is 0.343. The minimum absolute atomic E-state index is 0.0427. The molecule has 4 rings (SSSR count). The number of benzene rings is 2. The van der Waals surface area contributed by atoms with E-state index < -0.39 is 0 Å². The highest BCUT2D eigenvalue weighted by atomic mass is 32.1. The normalized spacial score (nSPS) is 11.9. The smallest absolute Gasteiger partial charge is 0.230 e. The van der Waals surface area contributed by atoms with E-state index >= 15 is 0 Å². The number of hydrogen-bond acceptors (Lipinski definition) is 5. The Morgan fingerprint density at radius 1 is 1.03 bits per heavy atom. The molecule has 4 aromatic rings. The van der Waals surface area contributed by atoms with Gasteiger partial charge in [-0.1, -0.05) is 55.5 Å². The number of amides is 1. The molecule has 0 saturated carbocycles. The molecule has 2 aromatic carbocycles. The van der Waals surface area contributed by atoms with Gasteiger partial charge in [-0.15, -0.1) is 22.7 Å². The van der Waals surface area contributed by atoms with Crippen LogP contribution in [-0.4, -0.2) is 10.9 Å². The van der Waals surface area contributed by atoms with Crippen LogP contribution < -0.4 is 10.2 Å². The molecule has 31 heavy (non-hydrogen) atoms. The van der Waals surface area contributed by atoms with E-state index in [1.807, 2.05) is 23.6 Å². The third kappa shape index (κ3) is 5.10. The summed E-state index contributed by atoms with van der Waals surface area (Å²) in [7, 11) is 0. The molecule has 158 valence electrons. The summed E-state index contributed by atoms with van der Waals surface area (Å²) in [5.74, 6) is -0.0427. The second-order valence-electron chi connectivity index (χ2n) is 7.24. The van der Waals surface area contributed by atoms with Crippen molar-refractivity contribution >= 4 is 39.4 Å². The average molecular weight is 448 g/mol. The van der Waals surface area contributed by atoms with Crippen molar-refractivity contribution in [1.29, 1.82) is 0 Å². The highest BCUT2D eigenvalue weighted by molar-refractivity contribution is 7.14. The van der Waals surface area contributed by atoms with Gasteiger partial charge in [-0.3, -0.25) is 15.0 Å². The van der Waals surface area contributed by atoms with Gasteiger partial charge in [0.2, 0.25) is 5.91 Å². The zero-order chi connectivity index (χ0) is 21.6. The van der Waals surface area contributed by atoms with Gasteiger partial charge in [-0.2, -0.15) is 0 Å².